The SMILES string of the molecule is Cc1ncc(-c2cc(C(=O)CC[C@](C)(O)c3cc4c(c(-c5ccc(F)cc5)n3)OC[C@]4(C)C(N)=O)ccc2OC2CC2)s1. The largest absolute Gasteiger partial charge is 0.490 e. The van der Waals surface area contributed by atoms with E-state index in [1.165, 1.54) is 23.5 Å². The summed E-state index contributed by atoms with van der Waals surface area (Å²) in [6.07, 6.45) is 4.11. The molecule has 0 bridgehead atoms. The zero-order chi connectivity index (χ0) is 30.5. The van der Waals surface area contributed by atoms with Crippen molar-refractivity contribution in [1.29, 1.82) is 0 Å². The van der Waals surface area contributed by atoms with Gasteiger partial charge in [-0.1, -0.05) is 0 Å². The molecule has 1 fully saturated rings. The van der Waals surface area contributed by atoms with Crippen LogP contribution < -0.4 is 15.2 Å². The Morgan fingerprint density at radius 2 is 1.95 bits per heavy atom. The number of Topliss-reactive ketones (excluding diaryl/α,β-unsaturated/α-hetero) is 1. The minimum atomic E-state index is -1.55. The Morgan fingerprint density at radius 3 is 2.60 bits per heavy atom. The molecule has 0 radical (unpaired) electrons. The molecule has 2 aromatic carbocycles. The molecule has 1 amide bonds. The summed E-state index contributed by atoms with van der Waals surface area (Å²) in [5.41, 5.74) is 6.06. The van der Waals surface area contributed by atoms with Crippen LogP contribution in [0, 0.1) is 12.7 Å². The molecule has 43 heavy (non-hydrogen) atoms. The number of benzene rings is 2. The summed E-state index contributed by atoms with van der Waals surface area (Å²) < 4.78 is 25.7. The third-order valence-electron chi connectivity index (χ3n) is 8.13. The van der Waals surface area contributed by atoms with Crippen molar-refractivity contribution in [3.05, 3.63) is 82.4 Å². The van der Waals surface area contributed by atoms with E-state index in [1.807, 2.05) is 19.1 Å². The first kappa shape index (κ1) is 28.9. The monoisotopic (exact) mass is 601 g/mol. The van der Waals surface area contributed by atoms with Gasteiger partial charge in [0.15, 0.2) is 5.78 Å². The maximum absolute atomic E-state index is 13.7. The number of fused-ring (bicyclic) bond motifs is 1. The first-order chi connectivity index (χ1) is 20.4. The Morgan fingerprint density at radius 1 is 1.21 bits per heavy atom. The van der Waals surface area contributed by atoms with Crippen molar-refractivity contribution < 1.29 is 28.6 Å². The zero-order valence-corrected chi connectivity index (χ0v) is 25.0. The Hall–Kier alpha value is -4.15. The van der Waals surface area contributed by atoms with Gasteiger partial charge in [-0.05, 0) is 88.6 Å². The van der Waals surface area contributed by atoms with Crippen LogP contribution in [0.3, 0.4) is 0 Å². The van der Waals surface area contributed by atoms with Crippen LogP contribution in [0.25, 0.3) is 21.7 Å². The molecule has 2 aromatic heterocycles. The van der Waals surface area contributed by atoms with Crippen molar-refractivity contribution in [2.45, 2.75) is 63.6 Å². The van der Waals surface area contributed by atoms with E-state index in [9.17, 15) is 19.1 Å². The summed E-state index contributed by atoms with van der Waals surface area (Å²) >= 11 is 1.53. The molecule has 2 atom stereocenters. The number of amides is 1. The lowest BCUT2D eigenvalue weighted by molar-refractivity contribution is -0.123. The van der Waals surface area contributed by atoms with Crippen molar-refractivity contribution in [3.63, 3.8) is 0 Å². The smallest absolute Gasteiger partial charge is 0.231 e. The van der Waals surface area contributed by atoms with Crippen LogP contribution in [0.5, 0.6) is 11.5 Å². The van der Waals surface area contributed by atoms with E-state index in [0.717, 1.165) is 34.0 Å². The molecule has 0 spiro atoms. The van der Waals surface area contributed by atoms with Gasteiger partial charge in [-0.15, -0.1) is 11.3 Å². The van der Waals surface area contributed by atoms with Gasteiger partial charge in [-0.25, -0.2) is 14.4 Å². The van der Waals surface area contributed by atoms with Gasteiger partial charge in [0, 0.05) is 34.9 Å². The maximum Gasteiger partial charge on any atom is 0.231 e. The molecular weight excluding hydrogens is 569 g/mol. The normalized spacial score (nSPS) is 18.9. The number of hydrogen-bond donors (Lipinski definition) is 2. The highest BCUT2D eigenvalue weighted by Gasteiger charge is 2.45. The summed E-state index contributed by atoms with van der Waals surface area (Å²) in [5.74, 6) is -0.0473. The van der Waals surface area contributed by atoms with Crippen molar-refractivity contribution in [1.82, 2.24) is 9.97 Å². The van der Waals surface area contributed by atoms with E-state index in [2.05, 4.69) is 4.98 Å². The van der Waals surface area contributed by atoms with Crippen molar-refractivity contribution in [2.24, 2.45) is 5.73 Å². The van der Waals surface area contributed by atoms with Crippen molar-refractivity contribution in [3.8, 4) is 33.2 Å². The topological polar surface area (TPSA) is 125 Å². The molecule has 3 heterocycles. The number of carbonyl (C=O) groups excluding carboxylic acids is 2. The second-order valence-electron chi connectivity index (χ2n) is 11.7. The number of pyridine rings is 1. The van der Waals surface area contributed by atoms with E-state index in [0.29, 0.717) is 28.1 Å². The molecule has 4 aromatic rings. The van der Waals surface area contributed by atoms with Crippen LogP contribution in [0.15, 0.2) is 54.7 Å². The summed E-state index contributed by atoms with van der Waals surface area (Å²) in [6, 6.07) is 12.8. The lowest BCUT2D eigenvalue weighted by atomic mass is 9.81. The first-order valence-electron chi connectivity index (χ1n) is 14.2. The van der Waals surface area contributed by atoms with Gasteiger partial charge in [0.1, 0.15) is 40.6 Å². The fourth-order valence-corrected chi connectivity index (χ4v) is 5.94. The van der Waals surface area contributed by atoms with E-state index < -0.39 is 22.7 Å². The van der Waals surface area contributed by atoms with E-state index in [4.69, 9.17) is 20.2 Å². The maximum atomic E-state index is 13.7. The fraction of sp³-hybridized carbons (Fsp3) is 0.333. The number of aryl methyl sites for hydroxylation is 1. The van der Waals surface area contributed by atoms with Crippen LogP contribution in [-0.2, 0) is 15.8 Å². The third-order valence-corrected chi connectivity index (χ3v) is 9.08. The number of halogens is 1. The molecule has 1 aliphatic carbocycles. The lowest BCUT2D eigenvalue weighted by Gasteiger charge is -2.26. The van der Waals surface area contributed by atoms with Crippen molar-refractivity contribution >= 4 is 23.0 Å². The number of ether oxygens (including phenoxy) is 2. The molecule has 1 saturated carbocycles. The number of rotatable bonds is 10. The van der Waals surface area contributed by atoms with Gasteiger partial charge in [0.2, 0.25) is 5.91 Å². The summed E-state index contributed by atoms with van der Waals surface area (Å²) in [5, 5.41) is 12.6. The predicted molar refractivity (Wildman–Crippen MR) is 161 cm³/mol. The Balaban J connectivity index is 1.30. The van der Waals surface area contributed by atoms with Crippen LogP contribution >= 0.6 is 11.3 Å². The number of aliphatic hydroxyl groups is 1. The van der Waals surface area contributed by atoms with E-state index >= 15 is 0 Å². The molecule has 8 nitrogen and oxygen atoms in total. The molecule has 0 unspecified atom stereocenters. The Kier molecular flexibility index (Phi) is 7.30. The highest BCUT2D eigenvalue weighted by molar-refractivity contribution is 7.15. The zero-order valence-electron chi connectivity index (χ0n) is 24.1. The highest BCUT2D eigenvalue weighted by atomic mass is 32.1. The van der Waals surface area contributed by atoms with E-state index in [-0.39, 0.29) is 37.0 Å². The molecule has 1 aliphatic heterocycles. The quantitative estimate of drug-likeness (QED) is 0.218. The van der Waals surface area contributed by atoms with Crippen LogP contribution in [0.4, 0.5) is 4.39 Å². The number of nitrogens with zero attached hydrogens (tertiary/aromatic N) is 2. The number of carbonyl (C=O) groups is 2. The molecule has 10 heteroatoms. The molecular formula is C33H32FN3O5S. The lowest BCUT2D eigenvalue weighted by Crippen LogP contribution is -2.40. The Labute approximate surface area is 252 Å². The second-order valence-corrected chi connectivity index (χ2v) is 12.9. The average Bonchev–Trinajstić information content (AvgIpc) is 3.59. The highest BCUT2D eigenvalue weighted by Crippen LogP contribution is 2.46. The van der Waals surface area contributed by atoms with Crippen LogP contribution in [-0.4, -0.2) is 39.5 Å². The van der Waals surface area contributed by atoms with Crippen LogP contribution in [0.2, 0.25) is 0 Å². The third kappa shape index (κ3) is 5.64. The Bertz CT molecular complexity index is 1730. The molecule has 0 saturated heterocycles. The molecule has 3 N–H and O–H groups in total. The van der Waals surface area contributed by atoms with Gasteiger partial charge in [-0.2, -0.15) is 0 Å². The minimum absolute atomic E-state index is 0.0136. The second kappa shape index (κ2) is 10.8. The standard InChI is InChI=1S/C33H32FN3O5S/c1-18-36-16-27(43-18)23-14-20(6-11-26(23)42-22-9-10-22)25(38)12-13-33(3,40)28-15-24-30(41-17-32(24,2)31(35)39)29(37-28)19-4-7-21(34)8-5-19/h4-8,11,14-16,22,40H,9-10,12-13,17H2,1-3H3,(H2,35,39)/t32-,33-/m0/s1. The van der Waals surface area contributed by atoms with Gasteiger partial charge in [0.05, 0.1) is 21.7 Å². The van der Waals surface area contributed by atoms with Gasteiger partial charge in [-0.3, -0.25) is 9.59 Å². The number of nitrogens with two attached hydrogens (primary N) is 1. The number of primary amides is 1. The number of thiazole rings is 1. The summed E-state index contributed by atoms with van der Waals surface area (Å²) in [7, 11) is 0. The van der Waals surface area contributed by atoms with Crippen LogP contribution in [0.1, 0.15) is 66.2 Å². The molecule has 6 rings (SSSR count). The molecule has 222 valence electrons. The van der Waals surface area contributed by atoms with Crippen molar-refractivity contribution in [2.75, 3.05) is 6.61 Å². The number of aromatic nitrogens is 2. The van der Waals surface area contributed by atoms with Gasteiger partial charge < -0.3 is 20.3 Å². The number of ketones is 1. The average molecular weight is 602 g/mol. The molecule has 2 aliphatic rings. The minimum Gasteiger partial charge on any atom is -0.490 e. The predicted octanol–water partition coefficient (Wildman–Crippen LogP) is 5.87. The van der Waals surface area contributed by atoms with Gasteiger partial charge in [0.25, 0.3) is 0 Å². The van der Waals surface area contributed by atoms with E-state index in [1.54, 1.807) is 44.3 Å². The van der Waals surface area contributed by atoms with Gasteiger partial charge >= 0.3 is 0 Å². The summed E-state index contributed by atoms with van der Waals surface area (Å²) in [4.78, 5) is 35.9. The first-order valence-corrected chi connectivity index (χ1v) is 15.0. The fourth-order valence-electron chi connectivity index (χ4n) is 5.15. The number of hydrogen-bond acceptors (Lipinski definition) is 8. The summed E-state index contributed by atoms with van der Waals surface area (Å²) in [6.45, 7) is 5.20.